The van der Waals surface area contributed by atoms with Crippen LogP contribution < -0.4 is 16.8 Å². The molecule has 17 heavy (non-hydrogen) atoms. The molecule has 0 spiro atoms. The van der Waals surface area contributed by atoms with Crippen molar-refractivity contribution in [3.05, 3.63) is 0 Å². The Bertz CT molecular complexity index is 220. The van der Waals surface area contributed by atoms with Crippen LogP contribution in [0.3, 0.4) is 0 Å². The summed E-state index contributed by atoms with van der Waals surface area (Å²) < 4.78 is 0. The van der Waals surface area contributed by atoms with Crippen molar-refractivity contribution >= 4 is 11.8 Å². The Hall–Kier alpha value is -1.10. The highest BCUT2D eigenvalue weighted by atomic mass is 16.2. The summed E-state index contributed by atoms with van der Waals surface area (Å²) in [5, 5.41) is 2.47. The van der Waals surface area contributed by atoms with E-state index in [0.717, 1.165) is 32.2 Å². The smallest absolute Gasteiger partial charge is 0.236 e. The van der Waals surface area contributed by atoms with Crippen molar-refractivity contribution in [3.63, 3.8) is 0 Å². The van der Waals surface area contributed by atoms with Gasteiger partial charge in [0.1, 0.15) is 0 Å². The molecule has 0 aliphatic heterocycles. The van der Waals surface area contributed by atoms with E-state index >= 15 is 0 Å². The molecule has 0 heterocycles. The van der Waals surface area contributed by atoms with Crippen LogP contribution in [0, 0.1) is 0 Å². The second kappa shape index (κ2) is 11.4. The third kappa shape index (κ3) is 12.8. The predicted octanol–water partition coefficient (Wildman–Crippen LogP) is 0.667. The summed E-state index contributed by atoms with van der Waals surface area (Å²) in [6.07, 6.45) is 8.33. The van der Waals surface area contributed by atoms with E-state index in [9.17, 15) is 9.59 Å². The average Bonchev–Trinajstić information content (AvgIpc) is 2.30. The lowest BCUT2D eigenvalue weighted by molar-refractivity contribution is -0.124. The van der Waals surface area contributed by atoms with Crippen LogP contribution in [0.15, 0.2) is 0 Å². The molecule has 0 radical (unpaired) electrons. The molecule has 0 bridgehead atoms. The van der Waals surface area contributed by atoms with Crippen molar-refractivity contribution in [2.75, 3.05) is 13.1 Å². The summed E-state index contributed by atoms with van der Waals surface area (Å²) >= 11 is 0. The van der Waals surface area contributed by atoms with Crippen molar-refractivity contribution in [1.29, 1.82) is 0 Å². The number of nitrogens with two attached hydrogens (primary N) is 2. The van der Waals surface area contributed by atoms with Gasteiger partial charge in [0, 0.05) is 6.42 Å². The number of carbonyl (C=O) groups excluding carboxylic acids is 2. The number of hydrogen-bond acceptors (Lipinski definition) is 3. The first-order valence-electron chi connectivity index (χ1n) is 6.42. The maximum atomic E-state index is 11.2. The fourth-order valence-electron chi connectivity index (χ4n) is 1.59. The van der Waals surface area contributed by atoms with Crippen LogP contribution in [-0.4, -0.2) is 24.9 Å². The van der Waals surface area contributed by atoms with Crippen LogP contribution in [0.1, 0.15) is 51.4 Å². The van der Waals surface area contributed by atoms with E-state index in [1.54, 1.807) is 0 Å². The zero-order chi connectivity index (χ0) is 12.9. The van der Waals surface area contributed by atoms with E-state index < -0.39 is 5.91 Å². The number of hydrogen-bond donors (Lipinski definition) is 3. The van der Waals surface area contributed by atoms with E-state index in [-0.39, 0.29) is 12.5 Å². The van der Waals surface area contributed by atoms with Gasteiger partial charge in [-0.1, -0.05) is 32.1 Å². The first kappa shape index (κ1) is 15.9. The average molecular weight is 243 g/mol. The number of rotatable bonds is 11. The molecule has 100 valence electrons. The quantitative estimate of drug-likeness (QED) is 0.465. The van der Waals surface area contributed by atoms with Gasteiger partial charge in [0.25, 0.3) is 0 Å². The highest BCUT2D eigenvalue weighted by Gasteiger charge is 2.01. The number of amides is 2. The molecule has 0 aromatic rings. The van der Waals surface area contributed by atoms with Crippen molar-refractivity contribution in [3.8, 4) is 0 Å². The standard InChI is InChI=1S/C12H25N3O2/c13-9-7-5-3-1-2-4-6-8-12(17)15-10-11(14)16/h1-10,13H2,(H2,14,16)(H,15,17). The second-order valence-electron chi connectivity index (χ2n) is 4.26. The van der Waals surface area contributed by atoms with Gasteiger partial charge in [0.2, 0.25) is 11.8 Å². The molecular formula is C12H25N3O2. The van der Waals surface area contributed by atoms with Crippen LogP contribution in [0.2, 0.25) is 0 Å². The third-order valence-electron chi connectivity index (χ3n) is 2.57. The SMILES string of the molecule is NCCCCCCCCCC(=O)NCC(N)=O. The minimum atomic E-state index is -0.502. The lowest BCUT2D eigenvalue weighted by atomic mass is 10.1. The Balaban J connectivity index is 3.16. The van der Waals surface area contributed by atoms with Crippen LogP contribution in [-0.2, 0) is 9.59 Å². The molecule has 0 fully saturated rings. The molecule has 0 aliphatic rings. The van der Waals surface area contributed by atoms with Crippen LogP contribution in [0.4, 0.5) is 0 Å². The zero-order valence-corrected chi connectivity index (χ0v) is 10.5. The summed E-state index contributed by atoms with van der Waals surface area (Å²) in [6.45, 7) is 0.720. The van der Waals surface area contributed by atoms with Gasteiger partial charge >= 0.3 is 0 Å². The number of unbranched alkanes of at least 4 members (excludes halogenated alkanes) is 6. The first-order chi connectivity index (χ1) is 8.16. The highest BCUT2D eigenvalue weighted by molar-refractivity contribution is 5.83. The Morgan fingerprint density at radius 1 is 0.882 bits per heavy atom. The second-order valence-corrected chi connectivity index (χ2v) is 4.26. The van der Waals surface area contributed by atoms with Gasteiger partial charge in [0.15, 0.2) is 0 Å². The summed E-state index contributed by atoms with van der Waals surface area (Å²) in [4.78, 5) is 21.6. The molecule has 2 amide bonds. The van der Waals surface area contributed by atoms with E-state index in [0.29, 0.717) is 6.42 Å². The van der Waals surface area contributed by atoms with Gasteiger partial charge in [-0.25, -0.2) is 0 Å². The molecule has 0 unspecified atom stereocenters. The summed E-state index contributed by atoms with van der Waals surface area (Å²) in [5.41, 5.74) is 10.3. The third-order valence-corrected chi connectivity index (χ3v) is 2.57. The molecule has 0 aliphatic carbocycles. The van der Waals surface area contributed by atoms with Gasteiger partial charge in [0.05, 0.1) is 6.54 Å². The summed E-state index contributed by atoms with van der Waals surface area (Å²) in [6, 6.07) is 0. The Morgan fingerprint density at radius 2 is 1.41 bits per heavy atom. The lowest BCUT2D eigenvalue weighted by Gasteiger charge is -2.03. The normalized spacial score (nSPS) is 10.2. The van der Waals surface area contributed by atoms with E-state index in [4.69, 9.17) is 11.5 Å². The number of carbonyl (C=O) groups is 2. The predicted molar refractivity (Wildman–Crippen MR) is 68.2 cm³/mol. The van der Waals surface area contributed by atoms with Crippen LogP contribution in [0.5, 0.6) is 0 Å². The zero-order valence-electron chi connectivity index (χ0n) is 10.5. The van der Waals surface area contributed by atoms with Gasteiger partial charge in [-0.3, -0.25) is 9.59 Å². The largest absolute Gasteiger partial charge is 0.368 e. The molecule has 0 atom stereocenters. The fraction of sp³-hybridized carbons (Fsp3) is 0.833. The Labute approximate surface area is 103 Å². The van der Waals surface area contributed by atoms with Crippen LogP contribution in [0.25, 0.3) is 0 Å². The summed E-state index contributed by atoms with van der Waals surface area (Å²) in [5.74, 6) is -0.592. The van der Waals surface area contributed by atoms with Gasteiger partial charge in [-0.05, 0) is 19.4 Å². The van der Waals surface area contributed by atoms with Crippen LogP contribution >= 0.6 is 0 Å². The highest BCUT2D eigenvalue weighted by Crippen LogP contribution is 2.07. The van der Waals surface area contributed by atoms with Crippen molar-refractivity contribution < 1.29 is 9.59 Å². The van der Waals surface area contributed by atoms with Crippen molar-refractivity contribution in [1.82, 2.24) is 5.32 Å². The molecule has 0 saturated heterocycles. The molecule has 0 aromatic carbocycles. The number of nitrogens with one attached hydrogen (secondary N) is 1. The minimum Gasteiger partial charge on any atom is -0.368 e. The fourth-order valence-corrected chi connectivity index (χ4v) is 1.59. The number of primary amides is 1. The summed E-state index contributed by atoms with van der Waals surface area (Å²) in [7, 11) is 0. The van der Waals surface area contributed by atoms with E-state index in [2.05, 4.69) is 5.32 Å². The molecule has 0 aromatic heterocycles. The molecular weight excluding hydrogens is 218 g/mol. The first-order valence-corrected chi connectivity index (χ1v) is 6.42. The molecule has 5 N–H and O–H groups in total. The van der Waals surface area contributed by atoms with E-state index in [1.807, 2.05) is 0 Å². The van der Waals surface area contributed by atoms with Gasteiger partial charge < -0.3 is 16.8 Å². The molecule has 5 heteroatoms. The van der Waals surface area contributed by atoms with Crippen molar-refractivity contribution in [2.24, 2.45) is 11.5 Å². The van der Waals surface area contributed by atoms with Crippen molar-refractivity contribution in [2.45, 2.75) is 51.4 Å². The Kier molecular flexibility index (Phi) is 10.7. The lowest BCUT2D eigenvalue weighted by Crippen LogP contribution is -2.33. The Morgan fingerprint density at radius 3 is 1.94 bits per heavy atom. The minimum absolute atomic E-state index is 0.0576. The maximum absolute atomic E-state index is 11.2. The molecule has 0 saturated carbocycles. The molecule has 0 rings (SSSR count). The topological polar surface area (TPSA) is 98.2 Å². The van der Waals surface area contributed by atoms with Gasteiger partial charge in [-0.2, -0.15) is 0 Å². The maximum Gasteiger partial charge on any atom is 0.236 e. The monoisotopic (exact) mass is 243 g/mol. The van der Waals surface area contributed by atoms with Gasteiger partial charge in [-0.15, -0.1) is 0 Å². The molecule has 5 nitrogen and oxygen atoms in total. The van der Waals surface area contributed by atoms with E-state index in [1.165, 1.54) is 19.3 Å².